The summed E-state index contributed by atoms with van der Waals surface area (Å²) in [6, 6.07) is 0.764. The van der Waals surface area contributed by atoms with E-state index < -0.39 is 12.0 Å². The summed E-state index contributed by atoms with van der Waals surface area (Å²) in [4.78, 5) is 30.8. The second-order valence-corrected chi connectivity index (χ2v) is 4.62. The average Bonchev–Trinajstić information content (AvgIpc) is 2.38. The predicted molar refractivity (Wildman–Crippen MR) is 66.6 cm³/mol. The molecule has 0 radical (unpaired) electrons. The molecule has 0 amide bonds. The van der Waals surface area contributed by atoms with Crippen LogP contribution in [-0.4, -0.2) is 33.6 Å². The Kier molecular flexibility index (Phi) is 3.64. The number of H-pyrrole nitrogens is 1. The smallest absolute Gasteiger partial charge is 0.326 e. The third kappa shape index (κ3) is 2.52. The molecule has 0 aromatic carbocycles. The lowest BCUT2D eigenvalue weighted by molar-refractivity contribution is -0.139. The number of nitrogens with one attached hydrogen (secondary N) is 1. The summed E-state index contributed by atoms with van der Waals surface area (Å²) >= 11 is 0. The molecule has 2 heterocycles. The van der Waals surface area contributed by atoms with Crippen LogP contribution in [0, 0.1) is 5.92 Å². The van der Waals surface area contributed by atoms with Gasteiger partial charge in [0.15, 0.2) is 0 Å². The van der Waals surface area contributed by atoms with Crippen LogP contribution in [0.1, 0.15) is 26.2 Å². The summed E-state index contributed by atoms with van der Waals surface area (Å²) in [5.74, 6) is 0.0280. The molecule has 6 heteroatoms. The van der Waals surface area contributed by atoms with E-state index in [-0.39, 0.29) is 5.56 Å². The van der Waals surface area contributed by atoms with Crippen molar-refractivity contribution >= 4 is 11.8 Å². The molecule has 0 aliphatic carbocycles. The SMILES string of the molecule is CCC1CCN(c2cc(=O)[nH]cn2)C(C(=O)O)C1. The molecule has 6 nitrogen and oxygen atoms in total. The Labute approximate surface area is 105 Å². The third-order valence-electron chi connectivity index (χ3n) is 3.53. The van der Waals surface area contributed by atoms with E-state index in [0.717, 1.165) is 12.8 Å². The van der Waals surface area contributed by atoms with Crippen molar-refractivity contribution < 1.29 is 9.90 Å². The lowest BCUT2D eigenvalue weighted by atomic mass is 9.89. The minimum Gasteiger partial charge on any atom is -0.480 e. The van der Waals surface area contributed by atoms with Crippen molar-refractivity contribution in [1.82, 2.24) is 9.97 Å². The van der Waals surface area contributed by atoms with Gasteiger partial charge in [-0.2, -0.15) is 0 Å². The quantitative estimate of drug-likeness (QED) is 0.831. The lowest BCUT2D eigenvalue weighted by Gasteiger charge is -2.37. The van der Waals surface area contributed by atoms with Crippen molar-refractivity contribution in [1.29, 1.82) is 0 Å². The molecule has 2 N–H and O–H groups in total. The number of hydrogen-bond acceptors (Lipinski definition) is 4. The van der Waals surface area contributed by atoms with E-state index in [1.807, 2.05) is 0 Å². The maximum Gasteiger partial charge on any atom is 0.326 e. The van der Waals surface area contributed by atoms with Gasteiger partial charge in [-0.05, 0) is 18.8 Å². The van der Waals surface area contributed by atoms with Crippen LogP contribution in [0.25, 0.3) is 0 Å². The summed E-state index contributed by atoms with van der Waals surface area (Å²) in [6.45, 7) is 2.70. The van der Waals surface area contributed by atoms with Crippen molar-refractivity contribution in [3.8, 4) is 0 Å². The van der Waals surface area contributed by atoms with E-state index >= 15 is 0 Å². The zero-order valence-corrected chi connectivity index (χ0v) is 10.3. The van der Waals surface area contributed by atoms with Crippen LogP contribution >= 0.6 is 0 Å². The van der Waals surface area contributed by atoms with E-state index in [4.69, 9.17) is 0 Å². The molecule has 18 heavy (non-hydrogen) atoms. The molecule has 1 fully saturated rings. The number of aromatic nitrogens is 2. The van der Waals surface area contributed by atoms with E-state index in [1.54, 1.807) is 4.90 Å². The predicted octanol–water partition coefficient (Wildman–Crippen LogP) is 0.849. The zero-order chi connectivity index (χ0) is 13.1. The molecule has 1 aromatic rings. The zero-order valence-electron chi connectivity index (χ0n) is 10.3. The van der Waals surface area contributed by atoms with Crippen LogP contribution in [0.4, 0.5) is 5.82 Å². The van der Waals surface area contributed by atoms with Crippen LogP contribution in [-0.2, 0) is 4.79 Å². The number of carboxylic acids is 1. The first-order valence-corrected chi connectivity index (χ1v) is 6.16. The van der Waals surface area contributed by atoms with Crippen LogP contribution in [0.2, 0.25) is 0 Å². The number of carbonyl (C=O) groups is 1. The van der Waals surface area contributed by atoms with E-state index in [9.17, 15) is 14.7 Å². The average molecular weight is 251 g/mol. The largest absolute Gasteiger partial charge is 0.480 e. The van der Waals surface area contributed by atoms with Gasteiger partial charge < -0.3 is 15.0 Å². The number of hydrogen-bond donors (Lipinski definition) is 2. The summed E-state index contributed by atoms with van der Waals surface area (Å²) in [6.07, 6.45) is 3.85. The molecule has 98 valence electrons. The molecule has 1 aliphatic heterocycles. The summed E-state index contributed by atoms with van der Waals surface area (Å²) < 4.78 is 0. The molecule has 1 aromatic heterocycles. The van der Waals surface area contributed by atoms with Crippen LogP contribution in [0.15, 0.2) is 17.2 Å². The normalized spacial score (nSPS) is 23.9. The third-order valence-corrected chi connectivity index (χ3v) is 3.53. The maximum absolute atomic E-state index is 11.3. The Morgan fingerprint density at radius 2 is 2.44 bits per heavy atom. The Balaban J connectivity index is 2.26. The molecular formula is C12H17N3O3. The fraction of sp³-hybridized carbons (Fsp3) is 0.583. The molecule has 2 unspecified atom stereocenters. The number of aliphatic carboxylic acids is 1. The number of aromatic amines is 1. The Morgan fingerprint density at radius 1 is 1.67 bits per heavy atom. The first-order chi connectivity index (χ1) is 8.61. The van der Waals surface area contributed by atoms with E-state index in [2.05, 4.69) is 16.9 Å². The molecule has 2 rings (SSSR count). The van der Waals surface area contributed by atoms with E-state index in [1.165, 1.54) is 12.4 Å². The van der Waals surface area contributed by atoms with Gasteiger partial charge in [-0.25, -0.2) is 9.78 Å². The lowest BCUT2D eigenvalue weighted by Crippen LogP contribution is -2.48. The highest BCUT2D eigenvalue weighted by atomic mass is 16.4. The van der Waals surface area contributed by atoms with Gasteiger partial charge in [-0.1, -0.05) is 13.3 Å². The fourth-order valence-electron chi connectivity index (χ4n) is 2.43. The number of rotatable bonds is 3. The molecule has 1 aliphatic rings. The summed E-state index contributed by atoms with van der Waals surface area (Å²) in [5.41, 5.74) is -0.262. The van der Waals surface area contributed by atoms with Crippen molar-refractivity contribution in [3.05, 3.63) is 22.7 Å². The standard InChI is InChI=1S/C12H17N3O3/c1-2-8-3-4-15(9(5-8)12(17)18)10-6-11(16)14-7-13-10/h6-9H,2-5H2,1H3,(H,17,18)(H,13,14,16). The van der Waals surface area contributed by atoms with Gasteiger partial charge in [-0.15, -0.1) is 0 Å². The highest BCUT2D eigenvalue weighted by molar-refractivity contribution is 5.78. The van der Waals surface area contributed by atoms with Crippen molar-refractivity contribution in [2.24, 2.45) is 5.92 Å². The molecule has 0 spiro atoms. The van der Waals surface area contributed by atoms with Gasteiger partial charge >= 0.3 is 5.97 Å². The molecule has 0 saturated carbocycles. The van der Waals surface area contributed by atoms with Gasteiger partial charge in [-0.3, -0.25) is 4.79 Å². The first-order valence-electron chi connectivity index (χ1n) is 6.16. The molecule has 1 saturated heterocycles. The molecule has 0 bridgehead atoms. The summed E-state index contributed by atoms with van der Waals surface area (Å²) in [5, 5.41) is 9.30. The Hall–Kier alpha value is -1.85. The van der Waals surface area contributed by atoms with Crippen LogP contribution in [0.3, 0.4) is 0 Å². The molecular weight excluding hydrogens is 234 g/mol. The van der Waals surface area contributed by atoms with Gasteiger partial charge in [0, 0.05) is 12.6 Å². The Bertz CT molecular complexity index is 485. The summed E-state index contributed by atoms with van der Waals surface area (Å²) in [7, 11) is 0. The highest BCUT2D eigenvalue weighted by Crippen LogP contribution is 2.28. The minimum atomic E-state index is -0.852. The minimum absolute atomic E-state index is 0.262. The number of piperidine rings is 1. The van der Waals surface area contributed by atoms with Crippen molar-refractivity contribution in [3.63, 3.8) is 0 Å². The monoisotopic (exact) mass is 251 g/mol. The van der Waals surface area contributed by atoms with E-state index in [0.29, 0.717) is 24.7 Å². The topological polar surface area (TPSA) is 86.3 Å². The van der Waals surface area contributed by atoms with Crippen LogP contribution < -0.4 is 10.5 Å². The van der Waals surface area contributed by atoms with Gasteiger partial charge in [0.1, 0.15) is 11.9 Å². The number of nitrogens with zero attached hydrogens (tertiary/aromatic N) is 2. The van der Waals surface area contributed by atoms with Crippen LogP contribution in [0.5, 0.6) is 0 Å². The van der Waals surface area contributed by atoms with Gasteiger partial charge in [0.2, 0.25) is 0 Å². The van der Waals surface area contributed by atoms with Crippen molar-refractivity contribution in [2.75, 3.05) is 11.4 Å². The van der Waals surface area contributed by atoms with Gasteiger partial charge in [0.05, 0.1) is 6.33 Å². The second-order valence-electron chi connectivity index (χ2n) is 4.62. The van der Waals surface area contributed by atoms with Crippen molar-refractivity contribution in [2.45, 2.75) is 32.2 Å². The first kappa shape index (κ1) is 12.6. The fourth-order valence-corrected chi connectivity index (χ4v) is 2.43. The highest BCUT2D eigenvalue weighted by Gasteiger charge is 2.33. The maximum atomic E-state index is 11.3. The molecule has 2 atom stereocenters. The second kappa shape index (κ2) is 5.20. The number of carboxylic acid groups (broad SMARTS) is 1. The van der Waals surface area contributed by atoms with Gasteiger partial charge in [0.25, 0.3) is 5.56 Å². The number of anilines is 1. The Morgan fingerprint density at radius 3 is 3.06 bits per heavy atom.